The molecule has 2 rings (SSSR count). The van der Waals surface area contributed by atoms with Crippen molar-refractivity contribution in [1.29, 1.82) is 0 Å². The predicted molar refractivity (Wildman–Crippen MR) is 72.9 cm³/mol. The zero-order chi connectivity index (χ0) is 13.0. The zero-order valence-electron chi connectivity index (χ0n) is 11.4. The molecule has 1 saturated carbocycles. The van der Waals surface area contributed by atoms with Gasteiger partial charge in [-0.3, -0.25) is 4.90 Å². The van der Waals surface area contributed by atoms with Crippen LogP contribution in [0.2, 0.25) is 0 Å². The highest BCUT2D eigenvalue weighted by atomic mass is 19.1. The van der Waals surface area contributed by atoms with Crippen molar-refractivity contribution in [3.8, 4) is 0 Å². The third kappa shape index (κ3) is 3.79. The topological polar surface area (TPSA) is 15.3 Å². The van der Waals surface area contributed by atoms with Crippen LogP contribution in [-0.4, -0.2) is 24.5 Å². The fourth-order valence-electron chi connectivity index (χ4n) is 2.18. The Morgan fingerprint density at radius 1 is 1.39 bits per heavy atom. The lowest BCUT2D eigenvalue weighted by molar-refractivity contribution is 0.311. The lowest BCUT2D eigenvalue weighted by Crippen LogP contribution is -2.21. The number of halogens is 1. The molecule has 0 unspecified atom stereocenters. The van der Waals surface area contributed by atoms with Crippen molar-refractivity contribution in [2.45, 2.75) is 45.3 Å². The minimum absolute atomic E-state index is 0.0817. The van der Waals surface area contributed by atoms with Gasteiger partial charge >= 0.3 is 0 Å². The highest BCUT2D eigenvalue weighted by Gasteiger charge is 2.26. The van der Waals surface area contributed by atoms with Crippen LogP contribution in [0.5, 0.6) is 0 Å². The lowest BCUT2D eigenvalue weighted by Gasteiger charge is -2.17. The van der Waals surface area contributed by atoms with Gasteiger partial charge in [-0.15, -0.1) is 0 Å². The molecule has 0 aromatic heterocycles. The molecule has 1 aliphatic carbocycles. The van der Waals surface area contributed by atoms with Crippen molar-refractivity contribution in [3.63, 3.8) is 0 Å². The Balaban J connectivity index is 1.96. The number of benzene rings is 1. The Hall–Kier alpha value is -0.930. The van der Waals surface area contributed by atoms with E-state index in [2.05, 4.69) is 24.2 Å². The third-order valence-electron chi connectivity index (χ3n) is 3.46. The van der Waals surface area contributed by atoms with Crippen LogP contribution in [0.1, 0.15) is 37.3 Å². The van der Waals surface area contributed by atoms with Gasteiger partial charge in [-0.1, -0.05) is 19.1 Å². The Morgan fingerprint density at radius 2 is 2.17 bits per heavy atom. The van der Waals surface area contributed by atoms with E-state index in [9.17, 15) is 4.39 Å². The second-order valence-corrected chi connectivity index (χ2v) is 5.25. The summed E-state index contributed by atoms with van der Waals surface area (Å²) in [6.07, 6.45) is 3.64. The Morgan fingerprint density at radius 3 is 2.83 bits per heavy atom. The highest BCUT2D eigenvalue weighted by Crippen LogP contribution is 2.27. The van der Waals surface area contributed by atoms with Crippen LogP contribution in [0.25, 0.3) is 0 Å². The number of nitrogens with one attached hydrogen (secondary N) is 1. The summed E-state index contributed by atoms with van der Waals surface area (Å²) in [6, 6.07) is 6.14. The van der Waals surface area contributed by atoms with E-state index in [1.165, 1.54) is 18.4 Å². The molecule has 1 N–H and O–H groups in total. The maximum atomic E-state index is 13.8. The molecule has 0 spiro atoms. The first-order valence-corrected chi connectivity index (χ1v) is 6.89. The van der Waals surface area contributed by atoms with Gasteiger partial charge in [-0.25, -0.2) is 4.39 Å². The van der Waals surface area contributed by atoms with Crippen LogP contribution in [0.3, 0.4) is 0 Å². The first-order valence-electron chi connectivity index (χ1n) is 6.89. The van der Waals surface area contributed by atoms with Gasteiger partial charge in [-0.05, 0) is 44.5 Å². The quantitative estimate of drug-likeness (QED) is 0.749. The fourth-order valence-corrected chi connectivity index (χ4v) is 2.18. The van der Waals surface area contributed by atoms with Crippen LogP contribution < -0.4 is 5.32 Å². The van der Waals surface area contributed by atoms with E-state index in [1.54, 1.807) is 6.07 Å². The average molecular weight is 250 g/mol. The predicted octanol–water partition coefficient (Wildman–Crippen LogP) is 2.92. The van der Waals surface area contributed by atoms with Gasteiger partial charge in [0.2, 0.25) is 0 Å². The van der Waals surface area contributed by atoms with Gasteiger partial charge in [0.05, 0.1) is 0 Å². The van der Waals surface area contributed by atoms with Crippen molar-refractivity contribution in [2.24, 2.45) is 0 Å². The van der Waals surface area contributed by atoms with Gasteiger partial charge in [0.25, 0.3) is 0 Å². The largest absolute Gasteiger partial charge is 0.313 e. The first kappa shape index (κ1) is 13.5. The first-order chi connectivity index (χ1) is 8.70. The maximum Gasteiger partial charge on any atom is 0.127 e. The van der Waals surface area contributed by atoms with Crippen molar-refractivity contribution in [1.82, 2.24) is 10.2 Å². The van der Waals surface area contributed by atoms with E-state index >= 15 is 0 Å². The highest BCUT2D eigenvalue weighted by molar-refractivity contribution is 5.25. The molecule has 0 heterocycles. The molecule has 1 aromatic rings. The van der Waals surface area contributed by atoms with Gasteiger partial charge in [0.15, 0.2) is 0 Å². The number of hydrogen-bond acceptors (Lipinski definition) is 2. The molecule has 2 nitrogen and oxygen atoms in total. The molecule has 0 bridgehead atoms. The smallest absolute Gasteiger partial charge is 0.127 e. The molecule has 100 valence electrons. The van der Waals surface area contributed by atoms with Crippen molar-refractivity contribution >= 4 is 0 Å². The molecule has 1 fully saturated rings. The van der Waals surface area contributed by atoms with Crippen LogP contribution >= 0.6 is 0 Å². The normalized spacial score (nSPS) is 15.3. The standard InChI is InChI=1S/C15H23FN2/c1-3-8-17-10-12-4-7-15(16)13(9-12)11-18(2)14-5-6-14/h4,7,9,14,17H,3,5-6,8,10-11H2,1-2H3. The minimum atomic E-state index is -0.0817. The number of nitrogens with zero attached hydrogens (tertiary/aromatic N) is 1. The summed E-state index contributed by atoms with van der Waals surface area (Å²) >= 11 is 0. The molecule has 1 aliphatic rings. The molecule has 1 aromatic carbocycles. The molecular weight excluding hydrogens is 227 g/mol. The van der Waals surface area contributed by atoms with E-state index in [0.29, 0.717) is 6.04 Å². The summed E-state index contributed by atoms with van der Waals surface area (Å²) in [7, 11) is 2.08. The van der Waals surface area contributed by atoms with Gasteiger partial charge in [-0.2, -0.15) is 0 Å². The van der Waals surface area contributed by atoms with Crippen LogP contribution in [0.4, 0.5) is 4.39 Å². The van der Waals surface area contributed by atoms with Crippen molar-refractivity contribution in [3.05, 3.63) is 35.1 Å². The zero-order valence-corrected chi connectivity index (χ0v) is 11.4. The van der Waals surface area contributed by atoms with Crippen molar-refractivity contribution < 1.29 is 4.39 Å². The van der Waals surface area contributed by atoms with Crippen LogP contribution in [0.15, 0.2) is 18.2 Å². The van der Waals surface area contributed by atoms with E-state index in [0.717, 1.165) is 31.6 Å². The summed E-state index contributed by atoms with van der Waals surface area (Å²) in [5.74, 6) is -0.0817. The molecule has 18 heavy (non-hydrogen) atoms. The number of hydrogen-bond donors (Lipinski definition) is 1. The van der Waals surface area contributed by atoms with Crippen molar-refractivity contribution in [2.75, 3.05) is 13.6 Å². The Kier molecular flexibility index (Phi) is 4.72. The van der Waals surface area contributed by atoms with E-state index in [-0.39, 0.29) is 5.82 Å². The summed E-state index contributed by atoms with van der Waals surface area (Å²) < 4.78 is 13.8. The minimum Gasteiger partial charge on any atom is -0.313 e. The monoisotopic (exact) mass is 250 g/mol. The van der Waals surface area contributed by atoms with E-state index < -0.39 is 0 Å². The Bertz CT molecular complexity index is 388. The SMILES string of the molecule is CCCNCc1ccc(F)c(CN(C)C2CC2)c1. The lowest BCUT2D eigenvalue weighted by atomic mass is 10.1. The molecule has 0 saturated heterocycles. The average Bonchev–Trinajstić information content (AvgIpc) is 3.17. The summed E-state index contributed by atoms with van der Waals surface area (Å²) in [4.78, 5) is 2.25. The molecule has 0 amide bonds. The molecular formula is C15H23FN2. The number of rotatable bonds is 7. The van der Waals surface area contributed by atoms with Crippen LogP contribution in [0, 0.1) is 5.82 Å². The molecule has 3 heteroatoms. The van der Waals surface area contributed by atoms with Gasteiger partial charge < -0.3 is 5.32 Å². The summed E-state index contributed by atoms with van der Waals surface area (Å²) in [5, 5.41) is 3.35. The molecule has 0 radical (unpaired) electrons. The summed E-state index contributed by atoms with van der Waals surface area (Å²) in [5.41, 5.74) is 1.99. The van der Waals surface area contributed by atoms with Crippen LogP contribution in [-0.2, 0) is 13.1 Å². The Labute approximate surface area is 109 Å². The third-order valence-corrected chi connectivity index (χ3v) is 3.46. The molecule has 0 aliphatic heterocycles. The second kappa shape index (κ2) is 6.30. The van der Waals surface area contributed by atoms with Gasteiger partial charge in [0.1, 0.15) is 5.82 Å². The van der Waals surface area contributed by atoms with E-state index in [1.807, 2.05) is 12.1 Å². The van der Waals surface area contributed by atoms with E-state index in [4.69, 9.17) is 0 Å². The summed E-state index contributed by atoms with van der Waals surface area (Å²) in [6.45, 7) is 4.70. The fraction of sp³-hybridized carbons (Fsp3) is 0.600. The maximum absolute atomic E-state index is 13.8. The van der Waals surface area contributed by atoms with Gasteiger partial charge in [0, 0.05) is 24.7 Å². The second-order valence-electron chi connectivity index (χ2n) is 5.25. The molecule has 0 atom stereocenters.